The van der Waals surface area contributed by atoms with Crippen LogP contribution in [-0.2, 0) is 0 Å². The summed E-state index contributed by atoms with van der Waals surface area (Å²) in [5, 5.41) is 4.51. The van der Waals surface area contributed by atoms with Crippen molar-refractivity contribution in [2.45, 2.75) is 18.9 Å². The zero-order chi connectivity index (χ0) is 11.0. The molecule has 0 radical (unpaired) electrons. The minimum atomic E-state index is 0.584. The van der Waals surface area contributed by atoms with Gasteiger partial charge < -0.3 is 11.1 Å². The van der Waals surface area contributed by atoms with Crippen molar-refractivity contribution in [2.24, 2.45) is 0 Å². The van der Waals surface area contributed by atoms with Crippen LogP contribution in [0.2, 0.25) is 0 Å². The summed E-state index contributed by atoms with van der Waals surface area (Å²) in [7, 11) is 0. The number of nitrogens with one attached hydrogen (secondary N) is 1. The van der Waals surface area contributed by atoms with Crippen molar-refractivity contribution >= 4 is 22.4 Å². The van der Waals surface area contributed by atoms with Crippen LogP contribution in [0.4, 0.5) is 10.8 Å². The first kappa shape index (κ1) is 9.59. The Bertz CT molecular complexity index is 490. The third kappa shape index (κ3) is 1.74. The van der Waals surface area contributed by atoms with Crippen molar-refractivity contribution in [3.63, 3.8) is 0 Å². The van der Waals surface area contributed by atoms with Crippen molar-refractivity contribution in [3.8, 4) is 11.1 Å². The van der Waals surface area contributed by atoms with Crippen molar-refractivity contribution < 1.29 is 0 Å². The molecule has 3 N–H and O–H groups in total. The predicted octanol–water partition coefficient (Wildman–Crippen LogP) is 2.36. The molecule has 1 fully saturated rings. The fraction of sp³-hybridized carbons (Fsp3) is 0.273. The Morgan fingerprint density at radius 3 is 3.00 bits per heavy atom. The van der Waals surface area contributed by atoms with Crippen molar-refractivity contribution in [3.05, 3.63) is 24.5 Å². The van der Waals surface area contributed by atoms with E-state index < -0.39 is 0 Å². The lowest BCUT2D eigenvalue weighted by molar-refractivity contribution is 1.17. The van der Waals surface area contributed by atoms with Gasteiger partial charge in [-0.3, -0.25) is 4.98 Å². The molecule has 2 aromatic rings. The van der Waals surface area contributed by atoms with Gasteiger partial charge in [0.1, 0.15) is 10.8 Å². The Labute approximate surface area is 97.7 Å². The molecule has 2 aromatic heterocycles. The molecule has 0 spiro atoms. The van der Waals surface area contributed by atoms with Gasteiger partial charge in [0.15, 0.2) is 0 Å². The lowest BCUT2D eigenvalue weighted by Gasteiger charge is -2.05. The van der Waals surface area contributed by atoms with Gasteiger partial charge in [0, 0.05) is 24.0 Å². The number of hydrogen-bond donors (Lipinski definition) is 2. The zero-order valence-electron chi connectivity index (χ0n) is 8.68. The SMILES string of the molecule is Nc1nsc(NC2CC2)c1-c1cccnc1. The van der Waals surface area contributed by atoms with Crippen LogP contribution in [-0.4, -0.2) is 15.4 Å². The Morgan fingerprint density at radius 1 is 1.44 bits per heavy atom. The molecule has 0 aliphatic heterocycles. The molecule has 0 unspecified atom stereocenters. The van der Waals surface area contributed by atoms with Crippen molar-refractivity contribution in [2.75, 3.05) is 11.1 Å². The largest absolute Gasteiger partial charge is 0.382 e. The highest BCUT2D eigenvalue weighted by Crippen LogP contribution is 2.38. The van der Waals surface area contributed by atoms with Crippen LogP contribution in [0.15, 0.2) is 24.5 Å². The van der Waals surface area contributed by atoms with E-state index in [0.29, 0.717) is 11.9 Å². The summed E-state index contributed by atoms with van der Waals surface area (Å²) in [4.78, 5) is 4.11. The molecule has 0 atom stereocenters. The van der Waals surface area contributed by atoms with Crippen LogP contribution < -0.4 is 11.1 Å². The summed E-state index contributed by atoms with van der Waals surface area (Å²) < 4.78 is 4.20. The Kier molecular flexibility index (Phi) is 2.25. The summed E-state index contributed by atoms with van der Waals surface area (Å²) >= 11 is 1.43. The highest BCUT2D eigenvalue weighted by molar-refractivity contribution is 7.11. The van der Waals surface area contributed by atoms with Gasteiger partial charge in [-0.2, -0.15) is 4.37 Å². The topological polar surface area (TPSA) is 63.8 Å². The fourth-order valence-electron chi connectivity index (χ4n) is 1.60. The minimum absolute atomic E-state index is 0.584. The average Bonchev–Trinajstić information content (AvgIpc) is 3.04. The maximum atomic E-state index is 5.90. The molecular weight excluding hydrogens is 220 g/mol. The highest BCUT2D eigenvalue weighted by Gasteiger charge is 2.24. The van der Waals surface area contributed by atoms with Gasteiger partial charge in [0.05, 0.1) is 5.56 Å². The zero-order valence-corrected chi connectivity index (χ0v) is 9.50. The summed E-state index contributed by atoms with van der Waals surface area (Å²) in [5.41, 5.74) is 7.92. The van der Waals surface area contributed by atoms with E-state index in [2.05, 4.69) is 14.7 Å². The monoisotopic (exact) mass is 232 g/mol. The maximum absolute atomic E-state index is 5.90. The number of nitrogens with two attached hydrogens (primary N) is 1. The third-order valence-electron chi connectivity index (χ3n) is 2.58. The molecule has 4 nitrogen and oxygen atoms in total. The molecule has 2 heterocycles. The molecule has 0 bridgehead atoms. The first-order valence-corrected chi connectivity index (χ1v) is 6.04. The lowest BCUT2D eigenvalue weighted by atomic mass is 10.1. The van der Waals surface area contributed by atoms with E-state index in [4.69, 9.17) is 5.73 Å². The summed E-state index contributed by atoms with van der Waals surface area (Å²) in [5.74, 6) is 0.584. The molecule has 1 saturated carbocycles. The number of nitrogen functional groups attached to an aromatic ring is 1. The minimum Gasteiger partial charge on any atom is -0.382 e. The normalized spacial score (nSPS) is 15.0. The van der Waals surface area contributed by atoms with Crippen LogP contribution in [0, 0.1) is 0 Å². The van der Waals surface area contributed by atoms with Gasteiger partial charge >= 0.3 is 0 Å². The van der Waals surface area contributed by atoms with Crippen LogP contribution >= 0.6 is 11.5 Å². The van der Waals surface area contributed by atoms with E-state index in [-0.39, 0.29) is 0 Å². The van der Waals surface area contributed by atoms with Gasteiger partial charge in [-0.15, -0.1) is 0 Å². The molecular formula is C11H12N4S. The lowest BCUT2D eigenvalue weighted by Crippen LogP contribution is -2.00. The van der Waals surface area contributed by atoms with Crippen LogP contribution in [0.1, 0.15) is 12.8 Å². The maximum Gasteiger partial charge on any atom is 0.147 e. The van der Waals surface area contributed by atoms with Crippen molar-refractivity contribution in [1.29, 1.82) is 0 Å². The van der Waals surface area contributed by atoms with Gasteiger partial charge in [-0.1, -0.05) is 6.07 Å². The quantitative estimate of drug-likeness (QED) is 0.852. The molecule has 0 amide bonds. The molecule has 0 aromatic carbocycles. The molecule has 0 saturated heterocycles. The third-order valence-corrected chi connectivity index (χ3v) is 3.37. The number of pyridine rings is 1. The molecule has 1 aliphatic carbocycles. The summed E-state index contributed by atoms with van der Waals surface area (Å²) in [6.45, 7) is 0. The summed E-state index contributed by atoms with van der Waals surface area (Å²) in [6.07, 6.45) is 6.06. The fourth-order valence-corrected chi connectivity index (χ4v) is 2.42. The standard InChI is InChI=1S/C11H12N4S/c12-10-9(7-2-1-5-13-6-7)11(16-15-10)14-8-3-4-8/h1-2,5-6,8,14H,3-4H2,(H2,12,15). The van der Waals surface area contributed by atoms with E-state index >= 15 is 0 Å². The molecule has 16 heavy (non-hydrogen) atoms. The van der Waals surface area contributed by atoms with Crippen LogP contribution in [0.25, 0.3) is 11.1 Å². The molecule has 3 rings (SSSR count). The predicted molar refractivity (Wildman–Crippen MR) is 66.4 cm³/mol. The smallest absolute Gasteiger partial charge is 0.147 e. The first-order chi connectivity index (χ1) is 7.84. The van der Waals surface area contributed by atoms with E-state index in [1.54, 1.807) is 6.20 Å². The highest BCUT2D eigenvalue weighted by atomic mass is 32.1. The van der Waals surface area contributed by atoms with E-state index in [1.807, 2.05) is 18.3 Å². The number of rotatable bonds is 3. The number of anilines is 2. The Balaban J connectivity index is 2.01. The number of aromatic nitrogens is 2. The van der Waals surface area contributed by atoms with E-state index in [9.17, 15) is 0 Å². The second kappa shape index (κ2) is 3.75. The summed E-state index contributed by atoms with van der Waals surface area (Å²) in [6, 6.07) is 4.52. The van der Waals surface area contributed by atoms with Gasteiger partial charge in [-0.25, -0.2) is 0 Å². The first-order valence-electron chi connectivity index (χ1n) is 5.26. The number of nitrogens with zero attached hydrogens (tertiary/aromatic N) is 2. The van der Waals surface area contributed by atoms with Gasteiger partial charge in [0.25, 0.3) is 0 Å². The second-order valence-electron chi connectivity index (χ2n) is 3.93. The average molecular weight is 232 g/mol. The number of hydrogen-bond acceptors (Lipinski definition) is 5. The Morgan fingerprint density at radius 2 is 2.31 bits per heavy atom. The van der Waals surface area contributed by atoms with Crippen molar-refractivity contribution in [1.82, 2.24) is 9.36 Å². The second-order valence-corrected chi connectivity index (χ2v) is 4.71. The molecule has 82 valence electrons. The van der Waals surface area contributed by atoms with Crippen LogP contribution in [0.3, 0.4) is 0 Å². The Hall–Kier alpha value is -1.62. The molecule has 5 heteroatoms. The van der Waals surface area contributed by atoms with Crippen LogP contribution in [0.5, 0.6) is 0 Å². The van der Waals surface area contributed by atoms with E-state index in [1.165, 1.54) is 24.4 Å². The molecule has 1 aliphatic rings. The van der Waals surface area contributed by atoms with Gasteiger partial charge in [0.2, 0.25) is 0 Å². The van der Waals surface area contributed by atoms with Gasteiger partial charge in [-0.05, 0) is 30.4 Å². The van der Waals surface area contributed by atoms with E-state index in [0.717, 1.165) is 16.1 Å².